The Hall–Kier alpha value is -2.24. The Kier molecular flexibility index (Phi) is 7.03. The molecule has 0 atom stereocenters. The molecule has 2 fully saturated rings. The summed E-state index contributed by atoms with van der Waals surface area (Å²) in [6.45, 7) is 1.29. The zero-order valence-corrected chi connectivity index (χ0v) is 18.8. The molecule has 4 rings (SSSR count). The summed E-state index contributed by atoms with van der Waals surface area (Å²) in [5.74, 6) is 1.31. The smallest absolute Gasteiger partial charge is 0.227 e. The molecule has 31 heavy (non-hydrogen) atoms. The predicted octanol–water partition coefficient (Wildman–Crippen LogP) is 6.15. The van der Waals surface area contributed by atoms with Crippen molar-refractivity contribution in [1.29, 1.82) is 0 Å². The van der Waals surface area contributed by atoms with E-state index in [9.17, 15) is 9.59 Å². The molecule has 2 aliphatic rings. The summed E-state index contributed by atoms with van der Waals surface area (Å²) < 4.78 is 5.93. The maximum absolute atomic E-state index is 12.9. The van der Waals surface area contributed by atoms with E-state index in [0.29, 0.717) is 53.2 Å². The Labute approximate surface area is 192 Å². The van der Waals surface area contributed by atoms with Crippen LogP contribution in [0.1, 0.15) is 38.5 Å². The second kappa shape index (κ2) is 9.92. The molecular weight excluding hydrogens is 435 g/mol. The minimum atomic E-state index is -0.124. The molecule has 1 saturated carbocycles. The van der Waals surface area contributed by atoms with Crippen LogP contribution in [-0.4, -0.2) is 29.8 Å². The maximum Gasteiger partial charge on any atom is 0.227 e. The van der Waals surface area contributed by atoms with E-state index in [1.54, 1.807) is 30.3 Å². The third-order valence-corrected chi connectivity index (χ3v) is 6.53. The lowest BCUT2D eigenvalue weighted by molar-refractivity contribution is -0.138. The van der Waals surface area contributed by atoms with E-state index in [1.807, 2.05) is 17.0 Å². The lowest BCUT2D eigenvalue weighted by Gasteiger charge is -2.33. The maximum atomic E-state index is 12.9. The van der Waals surface area contributed by atoms with Crippen LogP contribution in [0, 0.1) is 11.8 Å². The Morgan fingerprint density at radius 2 is 1.55 bits per heavy atom. The van der Waals surface area contributed by atoms with E-state index in [-0.39, 0.29) is 23.7 Å². The van der Waals surface area contributed by atoms with Crippen molar-refractivity contribution in [2.75, 3.05) is 18.4 Å². The first-order chi connectivity index (χ1) is 15.0. The first kappa shape index (κ1) is 22.0. The standard InChI is InChI=1S/C24H26Cl2N2O3/c25-18-13-19(26)15-20(14-18)31-22-8-4-3-7-21(22)27-23(29)16-9-11-28(12-10-16)24(30)17-5-1-2-6-17/h3-4,7-8,13-17H,1-2,5-6,9-12H2,(H,27,29). The number of anilines is 1. The van der Waals surface area contributed by atoms with Gasteiger partial charge in [-0.15, -0.1) is 0 Å². The third kappa shape index (κ3) is 5.52. The Morgan fingerprint density at radius 3 is 2.23 bits per heavy atom. The molecule has 2 amide bonds. The lowest BCUT2D eigenvalue weighted by Crippen LogP contribution is -2.43. The van der Waals surface area contributed by atoms with E-state index in [2.05, 4.69) is 5.32 Å². The summed E-state index contributed by atoms with van der Waals surface area (Å²) in [7, 11) is 0. The molecule has 1 aliphatic carbocycles. The summed E-state index contributed by atoms with van der Waals surface area (Å²) in [6, 6.07) is 12.2. The van der Waals surface area contributed by atoms with Crippen molar-refractivity contribution in [3.63, 3.8) is 0 Å². The van der Waals surface area contributed by atoms with Crippen LogP contribution in [0.25, 0.3) is 0 Å². The summed E-state index contributed by atoms with van der Waals surface area (Å²) in [5.41, 5.74) is 0.591. The molecule has 0 aromatic heterocycles. The molecule has 1 N–H and O–H groups in total. The topological polar surface area (TPSA) is 58.6 Å². The highest BCUT2D eigenvalue weighted by atomic mass is 35.5. The average molecular weight is 461 g/mol. The number of hydrogen-bond donors (Lipinski definition) is 1. The predicted molar refractivity (Wildman–Crippen MR) is 123 cm³/mol. The fourth-order valence-electron chi connectivity index (χ4n) is 4.40. The summed E-state index contributed by atoms with van der Waals surface area (Å²) >= 11 is 12.1. The van der Waals surface area contributed by atoms with Gasteiger partial charge in [0.05, 0.1) is 5.69 Å². The highest BCUT2D eigenvalue weighted by Crippen LogP contribution is 2.33. The Balaban J connectivity index is 1.36. The second-order valence-corrected chi connectivity index (χ2v) is 9.15. The number of carbonyl (C=O) groups is 2. The molecule has 7 heteroatoms. The van der Waals surface area contributed by atoms with Gasteiger partial charge in [0.1, 0.15) is 5.75 Å². The van der Waals surface area contributed by atoms with Gasteiger partial charge in [-0.05, 0) is 56.0 Å². The number of hydrogen-bond acceptors (Lipinski definition) is 3. The number of carbonyl (C=O) groups excluding carboxylic acids is 2. The van der Waals surface area contributed by atoms with Crippen molar-refractivity contribution >= 4 is 40.7 Å². The number of ether oxygens (including phenoxy) is 1. The second-order valence-electron chi connectivity index (χ2n) is 8.27. The molecule has 164 valence electrons. The molecule has 5 nitrogen and oxygen atoms in total. The number of amides is 2. The van der Waals surface area contributed by atoms with Crippen molar-refractivity contribution in [3.05, 3.63) is 52.5 Å². The van der Waals surface area contributed by atoms with Crippen LogP contribution in [0.5, 0.6) is 11.5 Å². The van der Waals surface area contributed by atoms with Crippen molar-refractivity contribution < 1.29 is 14.3 Å². The van der Waals surface area contributed by atoms with Gasteiger partial charge in [-0.1, -0.05) is 48.2 Å². The van der Waals surface area contributed by atoms with Crippen LogP contribution in [0.3, 0.4) is 0 Å². The number of likely N-dealkylation sites (tertiary alicyclic amines) is 1. The first-order valence-electron chi connectivity index (χ1n) is 10.8. The molecule has 1 heterocycles. The van der Waals surface area contributed by atoms with E-state index < -0.39 is 0 Å². The zero-order chi connectivity index (χ0) is 21.8. The fraction of sp³-hybridized carbons (Fsp3) is 0.417. The van der Waals surface area contributed by atoms with Crippen LogP contribution >= 0.6 is 23.2 Å². The Morgan fingerprint density at radius 1 is 0.903 bits per heavy atom. The Bertz CT molecular complexity index is 931. The molecule has 0 spiro atoms. The van der Waals surface area contributed by atoms with Gasteiger partial charge in [-0.25, -0.2) is 0 Å². The number of piperidine rings is 1. The van der Waals surface area contributed by atoms with Gasteiger partial charge in [-0.2, -0.15) is 0 Å². The lowest BCUT2D eigenvalue weighted by atomic mass is 9.94. The number of rotatable bonds is 5. The van der Waals surface area contributed by atoms with Crippen molar-refractivity contribution in [1.82, 2.24) is 4.90 Å². The number of para-hydroxylation sites is 2. The SMILES string of the molecule is O=C(Nc1ccccc1Oc1cc(Cl)cc(Cl)c1)C1CCN(C(=O)C2CCCC2)CC1. The largest absolute Gasteiger partial charge is 0.455 e. The van der Waals surface area contributed by atoms with Gasteiger partial charge in [0.2, 0.25) is 11.8 Å². The number of halogens is 2. The van der Waals surface area contributed by atoms with Crippen LogP contribution in [0.4, 0.5) is 5.69 Å². The zero-order valence-electron chi connectivity index (χ0n) is 17.3. The van der Waals surface area contributed by atoms with Gasteiger partial charge in [0, 0.05) is 35.0 Å². The molecule has 2 aromatic carbocycles. The van der Waals surface area contributed by atoms with E-state index in [1.165, 1.54) is 0 Å². The van der Waals surface area contributed by atoms with Gasteiger partial charge < -0.3 is 15.0 Å². The van der Waals surface area contributed by atoms with Crippen LogP contribution < -0.4 is 10.1 Å². The molecular formula is C24H26Cl2N2O3. The van der Waals surface area contributed by atoms with E-state index in [0.717, 1.165) is 25.7 Å². The molecule has 1 aliphatic heterocycles. The van der Waals surface area contributed by atoms with Gasteiger partial charge >= 0.3 is 0 Å². The van der Waals surface area contributed by atoms with E-state index >= 15 is 0 Å². The average Bonchev–Trinajstić information content (AvgIpc) is 3.29. The number of nitrogens with zero attached hydrogens (tertiary/aromatic N) is 1. The van der Waals surface area contributed by atoms with Gasteiger partial charge in [0.25, 0.3) is 0 Å². The number of nitrogens with one attached hydrogen (secondary N) is 1. The fourth-order valence-corrected chi connectivity index (χ4v) is 4.91. The monoisotopic (exact) mass is 460 g/mol. The molecule has 2 aromatic rings. The van der Waals surface area contributed by atoms with Crippen LogP contribution in [0.2, 0.25) is 10.0 Å². The highest BCUT2D eigenvalue weighted by molar-refractivity contribution is 6.34. The minimum Gasteiger partial charge on any atom is -0.455 e. The molecule has 1 saturated heterocycles. The number of benzene rings is 2. The summed E-state index contributed by atoms with van der Waals surface area (Å²) in [6.07, 6.45) is 5.67. The molecule has 0 unspecified atom stereocenters. The highest BCUT2D eigenvalue weighted by Gasteiger charge is 2.32. The van der Waals surface area contributed by atoms with E-state index in [4.69, 9.17) is 27.9 Å². The molecule has 0 radical (unpaired) electrons. The van der Waals surface area contributed by atoms with Crippen LogP contribution in [0.15, 0.2) is 42.5 Å². The molecule has 0 bridgehead atoms. The van der Waals surface area contributed by atoms with Crippen molar-refractivity contribution in [3.8, 4) is 11.5 Å². The minimum absolute atomic E-state index is 0.0480. The van der Waals surface area contributed by atoms with Crippen LogP contribution in [-0.2, 0) is 9.59 Å². The first-order valence-corrected chi connectivity index (χ1v) is 11.6. The van der Waals surface area contributed by atoms with Crippen molar-refractivity contribution in [2.45, 2.75) is 38.5 Å². The van der Waals surface area contributed by atoms with Gasteiger partial charge in [0.15, 0.2) is 5.75 Å². The third-order valence-electron chi connectivity index (χ3n) is 6.09. The quantitative estimate of drug-likeness (QED) is 0.581. The van der Waals surface area contributed by atoms with Gasteiger partial charge in [-0.3, -0.25) is 9.59 Å². The summed E-state index contributed by atoms with van der Waals surface area (Å²) in [5, 5.41) is 3.95. The normalized spacial score (nSPS) is 17.5. The summed E-state index contributed by atoms with van der Waals surface area (Å²) in [4.78, 5) is 27.5. The van der Waals surface area contributed by atoms with Crippen molar-refractivity contribution in [2.24, 2.45) is 11.8 Å².